The molecule has 0 aliphatic heterocycles. The number of rotatable bonds is 3. The van der Waals surface area contributed by atoms with Gasteiger partial charge in [0, 0.05) is 21.8 Å². The zero-order chi connectivity index (χ0) is 15.3. The van der Waals surface area contributed by atoms with Gasteiger partial charge in [-0.1, -0.05) is 65.2 Å². The lowest BCUT2D eigenvalue weighted by Crippen LogP contribution is -2.23. The van der Waals surface area contributed by atoms with Crippen LogP contribution in [0.25, 0.3) is 24.3 Å². The van der Waals surface area contributed by atoms with Gasteiger partial charge < -0.3 is 4.98 Å². The summed E-state index contributed by atoms with van der Waals surface area (Å²) in [7, 11) is 0. The molecule has 19 heavy (non-hydrogen) atoms. The smallest absolute Gasteiger partial charge is 0.0461 e. The molecule has 0 aromatic carbocycles. The normalized spacial score (nSPS) is 11.5. The second-order valence-corrected chi connectivity index (χ2v) is 3.17. The Bertz CT molecular complexity index is 499. The van der Waals surface area contributed by atoms with E-state index in [1.165, 1.54) is 5.22 Å². The SMILES string of the molecule is C=C/C=c1/[nH]c(/C=C\C)c(C=C)/c1=C/C.CC.CC. The minimum atomic E-state index is 1.08. The molecule has 0 atom stereocenters. The summed E-state index contributed by atoms with van der Waals surface area (Å²) in [6.45, 7) is 19.6. The van der Waals surface area contributed by atoms with Crippen LogP contribution in [0.1, 0.15) is 52.8 Å². The van der Waals surface area contributed by atoms with Gasteiger partial charge in [-0.3, -0.25) is 0 Å². The summed E-state index contributed by atoms with van der Waals surface area (Å²) in [4.78, 5) is 3.34. The third kappa shape index (κ3) is 5.60. The largest absolute Gasteiger partial charge is 0.355 e. The highest BCUT2D eigenvalue weighted by molar-refractivity contribution is 5.64. The molecule has 0 aliphatic rings. The Labute approximate surface area is 118 Å². The summed E-state index contributed by atoms with van der Waals surface area (Å²) in [5.74, 6) is 0. The summed E-state index contributed by atoms with van der Waals surface area (Å²) in [6, 6.07) is 0. The van der Waals surface area contributed by atoms with Crippen molar-refractivity contribution in [1.29, 1.82) is 0 Å². The Kier molecular flexibility index (Phi) is 13.1. The van der Waals surface area contributed by atoms with Crippen LogP contribution in [0.2, 0.25) is 0 Å². The highest BCUT2D eigenvalue weighted by Crippen LogP contribution is 2.02. The van der Waals surface area contributed by atoms with Gasteiger partial charge >= 0.3 is 0 Å². The average Bonchev–Trinajstić information content (AvgIpc) is 2.80. The fourth-order valence-electron chi connectivity index (χ4n) is 1.65. The maximum atomic E-state index is 3.84. The van der Waals surface area contributed by atoms with E-state index in [2.05, 4.69) is 24.2 Å². The molecule has 1 rings (SSSR count). The number of aromatic amines is 1. The molecular weight excluding hydrogens is 230 g/mol. The van der Waals surface area contributed by atoms with Gasteiger partial charge in [0.25, 0.3) is 0 Å². The van der Waals surface area contributed by atoms with Crippen molar-refractivity contribution in [3.05, 3.63) is 47.1 Å². The molecule has 1 aromatic heterocycles. The van der Waals surface area contributed by atoms with Gasteiger partial charge in [-0.25, -0.2) is 0 Å². The quantitative estimate of drug-likeness (QED) is 0.822. The zero-order valence-electron chi connectivity index (χ0n) is 13.4. The fraction of sp³-hybridized carbons (Fsp3) is 0.333. The molecule has 1 N–H and O–H groups in total. The average molecular weight is 259 g/mol. The highest BCUT2D eigenvalue weighted by Gasteiger charge is 2.00. The standard InChI is InChI=1S/C14H17N.2C2H6/c1-5-9-13-11(7-3)12(8-4)14(15-13)10-6-2;2*1-2/h5-10,15H,1,4H2,2-3H3;2*1-2H3/b10-6-,11-7-,13-9+;;. The molecular formula is C18H29N. The maximum Gasteiger partial charge on any atom is 0.0461 e. The van der Waals surface area contributed by atoms with Crippen LogP contribution >= 0.6 is 0 Å². The monoisotopic (exact) mass is 259 g/mol. The number of nitrogens with one attached hydrogen (secondary N) is 1. The first-order valence-electron chi connectivity index (χ1n) is 7.04. The van der Waals surface area contributed by atoms with E-state index >= 15 is 0 Å². The van der Waals surface area contributed by atoms with Crippen molar-refractivity contribution in [2.45, 2.75) is 41.5 Å². The van der Waals surface area contributed by atoms with Gasteiger partial charge in [-0.2, -0.15) is 0 Å². The van der Waals surface area contributed by atoms with Crippen LogP contribution in [0.3, 0.4) is 0 Å². The fourth-order valence-corrected chi connectivity index (χ4v) is 1.65. The highest BCUT2D eigenvalue weighted by atomic mass is 14.7. The van der Waals surface area contributed by atoms with Crippen LogP contribution < -0.4 is 10.6 Å². The minimum Gasteiger partial charge on any atom is -0.355 e. The van der Waals surface area contributed by atoms with Gasteiger partial charge in [-0.05, 0) is 26.0 Å². The molecule has 0 fully saturated rings. The number of aromatic nitrogens is 1. The Morgan fingerprint density at radius 2 is 1.58 bits per heavy atom. The summed E-state index contributed by atoms with van der Waals surface area (Å²) in [5.41, 5.74) is 2.23. The summed E-state index contributed by atoms with van der Waals surface area (Å²) in [6.07, 6.45) is 11.8. The molecule has 0 spiro atoms. The topological polar surface area (TPSA) is 15.8 Å². The Hall–Kier alpha value is -1.76. The predicted octanol–water partition coefficient (Wildman–Crippen LogP) is 4.51. The lowest BCUT2D eigenvalue weighted by Gasteiger charge is -1.89. The van der Waals surface area contributed by atoms with Crippen molar-refractivity contribution >= 4 is 24.3 Å². The predicted molar refractivity (Wildman–Crippen MR) is 92.3 cm³/mol. The third-order valence-corrected chi connectivity index (χ3v) is 2.25. The van der Waals surface area contributed by atoms with Crippen LogP contribution in [0.4, 0.5) is 0 Å². The van der Waals surface area contributed by atoms with Crippen molar-refractivity contribution < 1.29 is 0 Å². The van der Waals surface area contributed by atoms with E-state index in [4.69, 9.17) is 0 Å². The molecule has 0 saturated carbocycles. The number of allylic oxidation sites excluding steroid dienone is 2. The molecule has 1 nitrogen and oxygen atoms in total. The van der Waals surface area contributed by atoms with E-state index in [9.17, 15) is 0 Å². The van der Waals surface area contributed by atoms with Crippen molar-refractivity contribution in [1.82, 2.24) is 4.98 Å². The lowest BCUT2D eigenvalue weighted by molar-refractivity contribution is 1.29. The van der Waals surface area contributed by atoms with Crippen molar-refractivity contribution in [3.63, 3.8) is 0 Å². The Morgan fingerprint density at radius 1 is 1.00 bits per heavy atom. The van der Waals surface area contributed by atoms with E-state index < -0.39 is 0 Å². The van der Waals surface area contributed by atoms with Crippen molar-refractivity contribution in [3.8, 4) is 0 Å². The van der Waals surface area contributed by atoms with Crippen molar-refractivity contribution in [2.24, 2.45) is 0 Å². The van der Waals surface area contributed by atoms with Crippen LogP contribution in [0, 0.1) is 0 Å². The van der Waals surface area contributed by atoms with Gasteiger partial charge in [0.05, 0.1) is 0 Å². The molecule has 0 bridgehead atoms. The van der Waals surface area contributed by atoms with E-state index in [1.807, 2.05) is 65.8 Å². The van der Waals surface area contributed by atoms with Crippen LogP contribution in [-0.4, -0.2) is 4.98 Å². The molecule has 0 amide bonds. The van der Waals surface area contributed by atoms with E-state index in [-0.39, 0.29) is 0 Å². The van der Waals surface area contributed by atoms with Gasteiger partial charge in [0.1, 0.15) is 0 Å². The molecule has 0 unspecified atom stereocenters. The molecule has 0 saturated heterocycles. The summed E-state index contributed by atoms with van der Waals surface area (Å²) < 4.78 is 0. The van der Waals surface area contributed by atoms with Crippen LogP contribution in [0.15, 0.2) is 25.3 Å². The lowest BCUT2D eigenvalue weighted by atomic mass is 10.2. The molecule has 0 radical (unpaired) electrons. The first kappa shape index (κ1) is 19.6. The van der Waals surface area contributed by atoms with Gasteiger partial charge in [0.2, 0.25) is 0 Å². The summed E-state index contributed by atoms with van der Waals surface area (Å²) in [5, 5.41) is 2.26. The molecule has 0 aliphatic carbocycles. The van der Waals surface area contributed by atoms with Crippen LogP contribution in [-0.2, 0) is 0 Å². The van der Waals surface area contributed by atoms with E-state index in [1.54, 1.807) is 6.08 Å². The second kappa shape index (κ2) is 12.7. The van der Waals surface area contributed by atoms with Gasteiger partial charge in [-0.15, -0.1) is 0 Å². The third-order valence-electron chi connectivity index (χ3n) is 2.25. The minimum absolute atomic E-state index is 1.08. The first-order chi connectivity index (χ1) is 9.28. The first-order valence-corrected chi connectivity index (χ1v) is 7.04. The molecule has 1 heteroatoms. The number of hydrogen-bond donors (Lipinski definition) is 1. The van der Waals surface area contributed by atoms with Crippen LogP contribution in [0.5, 0.6) is 0 Å². The Morgan fingerprint density at radius 3 is 1.95 bits per heavy atom. The van der Waals surface area contributed by atoms with Gasteiger partial charge in [0.15, 0.2) is 0 Å². The van der Waals surface area contributed by atoms with E-state index in [0.717, 1.165) is 16.6 Å². The maximum absolute atomic E-state index is 3.84. The molecule has 106 valence electrons. The molecule has 1 heterocycles. The zero-order valence-corrected chi connectivity index (χ0v) is 13.4. The second-order valence-electron chi connectivity index (χ2n) is 3.17. The Balaban J connectivity index is 0. The van der Waals surface area contributed by atoms with E-state index in [0.29, 0.717) is 0 Å². The number of H-pyrrole nitrogens is 1. The van der Waals surface area contributed by atoms with Crippen molar-refractivity contribution in [2.75, 3.05) is 0 Å². The number of hydrogen-bond acceptors (Lipinski definition) is 0. The molecule has 1 aromatic rings. The summed E-state index contributed by atoms with van der Waals surface area (Å²) >= 11 is 0.